The van der Waals surface area contributed by atoms with Crippen LogP contribution < -0.4 is 10.2 Å². The van der Waals surface area contributed by atoms with Crippen LogP contribution in [0.1, 0.15) is 12.8 Å². The van der Waals surface area contributed by atoms with Gasteiger partial charge in [0.25, 0.3) is 0 Å². The van der Waals surface area contributed by atoms with Crippen molar-refractivity contribution in [2.24, 2.45) is 5.41 Å². The van der Waals surface area contributed by atoms with Gasteiger partial charge in [0.2, 0.25) is 0 Å². The third kappa shape index (κ3) is 2.94. The van der Waals surface area contributed by atoms with Gasteiger partial charge >= 0.3 is 0 Å². The molecule has 4 aromatic rings. The summed E-state index contributed by atoms with van der Waals surface area (Å²) in [6.45, 7) is 4.08. The predicted molar refractivity (Wildman–Crippen MR) is 122 cm³/mol. The van der Waals surface area contributed by atoms with Crippen molar-refractivity contribution in [3.63, 3.8) is 0 Å². The number of nitrogens with zero attached hydrogens (tertiary/aromatic N) is 3. The second kappa shape index (κ2) is 7.08. The van der Waals surface area contributed by atoms with Gasteiger partial charge in [-0.15, -0.1) is 0 Å². The standard InChI is InChI=1S/C23H19ClF2N4S/c24-18-16(25)5-4-13-2-1-3-14(17(13)18)20-19(26)21-15(10-28-20)22(31-29-21)30-8-6-23(7-9-30)11-27-12-23/h1-5,10,27H,6-9,11-12H2. The zero-order chi connectivity index (χ0) is 21.2. The highest BCUT2D eigenvalue weighted by Crippen LogP contribution is 2.42. The first-order chi connectivity index (χ1) is 15.1. The lowest BCUT2D eigenvalue weighted by molar-refractivity contribution is 0.126. The van der Waals surface area contributed by atoms with E-state index < -0.39 is 11.6 Å². The Labute approximate surface area is 187 Å². The third-order valence-corrected chi connectivity index (χ3v) is 8.04. The minimum absolute atomic E-state index is 0.0268. The van der Waals surface area contributed by atoms with Gasteiger partial charge in [0.1, 0.15) is 22.0 Å². The van der Waals surface area contributed by atoms with Crippen LogP contribution in [0.5, 0.6) is 0 Å². The van der Waals surface area contributed by atoms with Crippen molar-refractivity contribution < 1.29 is 8.78 Å². The van der Waals surface area contributed by atoms with Crippen molar-refractivity contribution in [3.05, 3.63) is 53.2 Å². The van der Waals surface area contributed by atoms with E-state index in [-0.39, 0.29) is 10.7 Å². The molecule has 158 valence electrons. The molecule has 2 aliphatic rings. The smallest absolute Gasteiger partial charge is 0.176 e. The molecule has 2 aromatic carbocycles. The maximum atomic E-state index is 15.6. The molecule has 1 spiro atoms. The van der Waals surface area contributed by atoms with E-state index in [4.69, 9.17) is 11.6 Å². The van der Waals surface area contributed by atoms with Crippen LogP contribution in [-0.2, 0) is 0 Å². The van der Waals surface area contributed by atoms with Crippen molar-refractivity contribution in [1.29, 1.82) is 0 Å². The average molecular weight is 457 g/mol. The number of benzene rings is 2. The summed E-state index contributed by atoms with van der Waals surface area (Å²) in [6.07, 6.45) is 3.95. The molecule has 0 bridgehead atoms. The van der Waals surface area contributed by atoms with Crippen molar-refractivity contribution in [1.82, 2.24) is 14.7 Å². The maximum absolute atomic E-state index is 15.6. The van der Waals surface area contributed by atoms with Gasteiger partial charge in [-0.05, 0) is 41.2 Å². The Kier molecular flexibility index (Phi) is 4.42. The summed E-state index contributed by atoms with van der Waals surface area (Å²) in [5.41, 5.74) is 1.35. The molecule has 31 heavy (non-hydrogen) atoms. The number of aromatic nitrogens is 2. The lowest BCUT2D eigenvalue weighted by Gasteiger charge is -2.48. The first-order valence-electron chi connectivity index (χ1n) is 10.3. The quantitative estimate of drug-likeness (QED) is 0.424. The fourth-order valence-corrected chi connectivity index (χ4v) is 5.98. The molecule has 2 fully saturated rings. The van der Waals surface area contributed by atoms with E-state index in [1.165, 1.54) is 17.6 Å². The van der Waals surface area contributed by atoms with Crippen LogP contribution >= 0.6 is 23.1 Å². The summed E-state index contributed by atoms with van der Waals surface area (Å²) in [5.74, 6) is -1.03. The van der Waals surface area contributed by atoms with Crippen LogP contribution in [0.2, 0.25) is 5.02 Å². The van der Waals surface area contributed by atoms with E-state index in [1.54, 1.807) is 24.4 Å². The number of fused-ring (bicyclic) bond motifs is 2. The van der Waals surface area contributed by atoms with Crippen LogP contribution in [0.25, 0.3) is 32.9 Å². The highest BCUT2D eigenvalue weighted by atomic mass is 35.5. The van der Waals surface area contributed by atoms with Crippen molar-refractivity contribution in [3.8, 4) is 11.3 Å². The number of pyridine rings is 1. The summed E-state index contributed by atoms with van der Waals surface area (Å²) in [6, 6.07) is 8.29. The monoisotopic (exact) mass is 456 g/mol. The minimum atomic E-state index is -0.538. The van der Waals surface area contributed by atoms with Crippen molar-refractivity contribution >= 4 is 49.8 Å². The number of hydrogen-bond acceptors (Lipinski definition) is 5. The molecule has 1 N–H and O–H groups in total. The summed E-state index contributed by atoms with van der Waals surface area (Å²) >= 11 is 7.56. The van der Waals surface area contributed by atoms with Gasteiger partial charge < -0.3 is 10.2 Å². The molecule has 0 aliphatic carbocycles. The Morgan fingerprint density at radius 1 is 1.10 bits per heavy atom. The normalized spacial score (nSPS) is 18.1. The van der Waals surface area contributed by atoms with Gasteiger partial charge in [0.15, 0.2) is 5.82 Å². The highest BCUT2D eigenvalue weighted by molar-refractivity contribution is 7.11. The Bertz CT molecular complexity index is 1320. The molecule has 0 amide bonds. The van der Waals surface area contributed by atoms with Gasteiger partial charge in [0, 0.05) is 43.3 Å². The number of halogens is 3. The molecular weight excluding hydrogens is 438 g/mol. The van der Waals surface area contributed by atoms with Gasteiger partial charge in [-0.1, -0.05) is 35.9 Å². The first-order valence-corrected chi connectivity index (χ1v) is 11.5. The number of nitrogens with one attached hydrogen (secondary N) is 1. The average Bonchev–Trinajstić information content (AvgIpc) is 3.20. The SMILES string of the molecule is Fc1ccc2cccc(-c3ncc4c(N5CCC6(CC5)CNC6)snc4c3F)c2c1Cl. The fourth-order valence-electron chi connectivity index (χ4n) is 4.80. The fraction of sp³-hybridized carbons (Fsp3) is 0.304. The molecular formula is C23H19ClF2N4S. The number of rotatable bonds is 2. The second-order valence-electron chi connectivity index (χ2n) is 8.53. The number of hydrogen-bond donors (Lipinski definition) is 1. The molecule has 4 nitrogen and oxygen atoms in total. The van der Waals surface area contributed by atoms with Crippen LogP contribution in [-0.4, -0.2) is 35.5 Å². The van der Waals surface area contributed by atoms with Crippen LogP contribution in [0.3, 0.4) is 0 Å². The van der Waals surface area contributed by atoms with E-state index in [0.717, 1.165) is 54.8 Å². The summed E-state index contributed by atoms with van der Waals surface area (Å²) in [4.78, 5) is 6.76. The largest absolute Gasteiger partial charge is 0.362 e. The lowest BCUT2D eigenvalue weighted by Crippen LogP contribution is -2.58. The van der Waals surface area contributed by atoms with Crippen molar-refractivity contribution in [2.45, 2.75) is 12.8 Å². The predicted octanol–water partition coefficient (Wildman–Crippen LogP) is 5.63. The van der Waals surface area contributed by atoms with E-state index in [1.807, 2.05) is 6.07 Å². The zero-order valence-electron chi connectivity index (χ0n) is 16.6. The highest BCUT2D eigenvalue weighted by Gasteiger charge is 2.40. The first kappa shape index (κ1) is 19.3. The summed E-state index contributed by atoms with van der Waals surface area (Å²) < 4.78 is 34.2. The molecule has 4 heterocycles. The summed E-state index contributed by atoms with van der Waals surface area (Å²) in [5, 5.41) is 6.24. The second-order valence-corrected chi connectivity index (χ2v) is 9.66. The molecule has 8 heteroatoms. The zero-order valence-corrected chi connectivity index (χ0v) is 18.2. The van der Waals surface area contributed by atoms with Crippen LogP contribution in [0.15, 0.2) is 36.5 Å². The molecule has 0 unspecified atom stereocenters. The Morgan fingerprint density at radius 2 is 1.90 bits per heavy atom. The molecule has 6 rings (SSSR count). The Hall–Kier alpha value is -2.35. The van der Waals surface area contributed by atoms with Crippen molar-refractivity contribution in [2.75, 3.05) is 31.1 Å². The molecule has 0 atom stereocenters. The number of anilines is 1. The summed E-state index contributed by atoms with van der Waals surface area (Å²) in [7, 11) is 0. The molecule has 2 aromatic heterocycles. The van der Waals surface area contributed by atoms with Gasteiger partial charge in [-0.25, -0.2) is 8.78 Å². The maximum Gasteiger partial charge on any atom is 0.176 e. The topological polar surface area (TPSA) is 41.1 Å². The van der Waals surface area contributed by atoms with Gasteiger partial charge in [0.05, 0.1) is 10.4 Å². The van der Waals surface area contributed by atoms with E-state index in [2.05, 4.69) is 19.6 Å². The van der Waals surface area contributed by atoms with E-state index >= 15 is 4.39 Å². The molecule has 0 saturated carbocycles. The Balaban J connectivity index is 1.43. The van der Waals surface area contributed by atoms with E-state index in [9.17, 15) is 4.39 Å². The molecule has 0 radical (unpaired) electrons. The third-order valence-electron chi connectivity index (χ3n) is 6.75. The van der Waals surface area contributed by atoms with Crippen LogP contribution in [0, 0.1) is 17.0 Å². The van der Waals surface area contributed by atoms with Gasteiger partial charge in [-0.2, -0.15) is 4.37 Å². The van der Waals surface area contributed by atoms with E-state index in [0.29, 0.717) is 21.9 Å². The van der Waals surface area contributed by atoms with Crippen LogP contribution in [0.4, 0.5) is 13.8 Å². The number of piperidine rings is 1. The molecule has 2 aliphatic heterocycles. The Morgan fingerprint density at radius 3 is 2.65 bits per heavy atom. The van der Waals surface area contributed by atoms with Gasteiger partial charge in [-0.3, -0.25) is 4.98 Å². The lowest BCUT2D eigenvalue weighted by atomic mass is 9.73. The minimum Gasteiger partial charge on any atom is -0.362 e. The molecule has 2 saturated heterocycles.